The molecule has 0 unspecified atom stereocenters. The van der Waals surface area contributed by atoms with E-state index in [2.05, 4.69) is 46.7 Å². The van der Waals surface area contributed by atoms with Crippen LogP contribution in [0.2, 0.25) is 5.02 Å². The molecule has 192 valence electrons. The Morgan fingerprint density at radius 1 is 1.17 bits per heavy atom. The lowest BCUT2D eigenvalue weighted by Gasteiger charge is -2.17. The standard InChI is InChI=1S/C25H30ClN5O4S/c1-5-33-21-12-17(14-28-29-22(32)13-23-30-31-25(27)36-23)11-19(26)24(21)35-9-8-34-20-10-16(4)6-7-18(20)15(2)3/h6-7,10-12,14-15H,5,8-9,13H2,1-4H3,(H2,27,31)(H,29,32)/b28-14-. The molecule has 0 bridgehead atoms. The molecule has 1 heterocycles. The molecule has 3 aromatic rings. The van der Waals surface area contributed by atoms with E-state index in [9.17, 15) is 4.79 Å². The number of aryl methyl sites for hydroxylation is 1. The monoisotopic (exact) mass is 531 g/mol. The van der Waals surface area contributed by atoms with Crippen LogP contribution in [0.5, 0.6) is 17.2 Å². The van der Waals surface area contributed by atoms with Gasteiger partial charge in [0.1, 0.15) is 24.0 Å². The summed E-state index contributed by atoms with van der Waals surface area (Å²) >= 11 is 7.64. The summed E-state index contributed by atoms with van der Waals surface area (Å²) in [5.74, 6) is 1.76. The highest BCUT2D eigenvalue weighted by atomic mass is 35.5. The fraction of sp³-hybridized carbons (Fsp3) is 0.360. The highest BCUT2D eigenvalue weighted by Gasteiger charge is 2.14. The summed E-state index contributed by atoms with van der Waals surface area (Å²) in [7, 11) is 0. The second kappa shape index (κ2) is 13.1. The Kier molecular flexibility index (Phi) is 9.89. The Labute approximate surface area is 219 Å². The molecular formula is C25H30ClN5O4S. The van der Waals surface area contributed by atoms with Gasteiger partial charge in [0.05, 0.1) is 24.3 Å². The van der Waals surface area contributed by atoms with E-state index in [4.69, 9.17) is 31.5 Å². The number of hydrogen-bond donors (Lipinski definition) is 2. The zero-order valence-electron chi connectivity index (χ0n) is 20.7. The Bertz CT molecular complexity index is 1220. The zero-order chi connectivity index (χ0) is 26.1. The predicted octanol–water partition coefficient (Wildman–Crippen LogP) is 4.75. The number of rotatable bonds is 12. The van der Waals surface area contributed by atoms with Gasteiger partial charge >= 0.3 is 0 Å². The summed E-state index contributed by atoms with van der Waals surface area (Å²) in [5, 5.41) is 12.6. The minimum Gasteiger partial charge on any atom is -0.490 e. The van der Waals surface area contributed by atoms with Crippen molar-refractivity contribution in [3.63, 3.8) is 0 Å². The first-order valence-corrected chi connectivity index (χ1v) is 12.7. The normalized spacial score (nSPS) is 11.2. The van der Waals surface area contributed by atoms with Crippen molar-refractivity contribution < 1.29 is 19.0 Å². The van der Waals surface area contributed by atoms with Gasteiger partial charge in [0.25, 0.3) is 0 Å². The van der Waals surface area contributed by atoms with Crippen LogP contribution in [0.25, 0.3) is 0 Å². The van der Waals surface area contributed by atoms with Crippen molar-refractivity contribution in [2.75, 3.05) is 25.6 Å². The number of nitrogens with zero attached hydrogens (tertiary/aromatic N) is 3. The van der Waals surface area contributed by atoms with Crippen molar-refractivity contribution in [3.05, 3.63) is 57.1 Å². The molecule has 1 aromatic heterocycles. The lowest BCUT2D eigenvalue weighted by molar-refractivity contribution is -0.120. The van der Waals surface area contributed by atoms with E-state index in [-0.39, 0.29) is 18.9 Å². The van der Waals surface area contributed by atoms with E-state index >= 15 is 0 Å². The van der Waals surface area contributed by atoms with Crippen molar-refractivity contribution in [2.24, 2.45) is 5.10 Å². The van der Waals surface area contributed by atoms with E-state index in [0.717, 1.165) is 28.2 Å². The third kappa shape index (κ3) is 7.82. The Morgan fingerprint density at radius 3 is 2.64 bits per heavy atom. The van der Waals surface area contributed by atoms with E-state index in [1.807, 2.05) is 19.9 Å². The highest BCUT2D eigenvalue weighted by molar-refractivity contribution is 7.15. The molecule has 0 aliphatic heterocycles. The molecule has 0 fully saturated rings. The summed E-state index contributed by atoms with van der Waals surface area (Å²) in [6, 6.07) is 9.62. The maximum Gasteiger partial charge on any atom is 0.247 e. The second-order valence-electron chi connectivity index (χ2n) is 8.16. The van der Waals surface area contributed by atoms with E-state index < -0.39 is 0 Å². The largest absolute Gasteiger partial charge is 0.490 e. The number of hydrogen-bond acceptors (Lipinski definition) is 9. The molecule has 0 aliphatic rings. The third-order valence-corrected chi connectivity index (χ3v) is 5.94. The minimum absolute atomic E-state index is 0.0349. The highest BCUT2D eigenvalue weighted by Crippen LogP contribution is 2.36. The van der Waals surface area contributed by atoms with E-state index in [1.165, 1.54) is 6.21 Å². The lowest BCUT2D eigenvalue weighted by Crippen LogP contribution is -2.19. The number of hydrazone groups is 1. The molecule has 0 aliphatic carbocycles. The van der Waals surface area contributed by atoms with Gasteiger partial charge in [0.15, 0.2) is 11.5 Å². The van der Waals surface area contributed by atoms with Gasteiger partial charge < -0.3 is 19.9 Å². The number of nitrogens with one attached hydrogen (secondary N) is 1. The molecule has 2 aromatic carbocycles. The first-order chi connectivity index (χ1) is 17.3. The summed E-state index contributed by atoms with van der Waals surface area (Å²) in [6.07, 6.45) is 1.51. The van der Waals surface area contributed by atoms with Gasteiger partial charge in [-0.05, 0) is 54.7 Å². The maximum atomic E-state index is 12.0. The van der Waals surface area contributed by atoms with Gasteiger partial charge in [-0.15, -0.1) is 10.2 Å². The molecule has 9 nitrogen and oxygen atoms in total. The van der Waals surface area contributed by atoms with Crippen LogP contribution in [-0.2, 0) is 11.2 Å². The number of anilines is 1. The first kappa shape index (κ1) is 27.2. The van der Waals surface area contributed by atoms with E-state index in [0.29, 0.717) is 51.4 Å². The van der Waals surface area contributed by atoms with Crippen LogP contribution in [0.15, 0.2) is 35.4 Å². The van der Waals surface area contributed by atoms with Gasteiger partial charge in [-0.1, -0.05) is 48.9 Å². The quantitative estimate of drug-likeness (QED) is 0.196. The topological polar surface area (TPSA) is 121 Å². The molecular weight excluding hydrogens is 502 g/mol. The van der Waals surface area contributed by atoms with Crippen molar-refractivity contribution in [2.45, 2.75) is 40.0 Å². The van der Waals surface area contributed by atoms with Crippen molar-refractivity contribution in [3.8, 4) is 17.2 Å². The average molecular weight is 532 g/mol. The molecule has 0 saturated heterocycles. The summed E-state index contributed by atoms with van der Waals surface area (Å²) in [4.78, 5) is 12.0. The predicted molar refractivity (Wildman–Crippen MR) is 143 cm³/mol. The van der Waals surface area contributed by atoms with Gasteiger partial charge in [-0.2, -0.15) is 5.10 Å². The van der Waals surface area contributed by atoms with Crippen molar-refractivity contribution in [1.29, 1.82) is 0 Å². The lowest BCUT2D eigenvalue weighted by atomic mass is 10.0. The molecule has 0 saturated carbocycles. The Hall–Kier alpha value is -3.37. The molecule has 11 heteroatoms. The second-order valence-corrected chi connectivity index (χ2v) is 9.66. The smallest absolute Gasteiger partial charge is 0.247 e. The average Bonchev–Trinajstić information content (AvgIpc) is 3.22. The summed E-state index contributed by atoms with van der Waals surface area (Å²) < 4.78 is 17.6. The van der Waals surface area contributed by atoms with Crippen molar-refractivity contribution >= 4 is 40.2 Å². The number of aromatic nitrogens is 2. The number of ether oxygens (including phenoxy) is 3. The maximum absolute atomic E-state index is 12.0. The fourth-order valence-corrected chi connectivity index (χ4v) is 4.18. The van der Waals surface area contributed by atoms with Gasteiger partial charge in [-0.25, -0.2) is 5.43 Å². The van der Waals surface area contributed by atoms with E-state index in [1.54, 1.807) is 12.1 Å². The number of carbonyl (C=O) groups is 1. The van der Waals surface area contributed by atoms with Gasteiger partial charge in [-0.3, -0.25) is 4.79 Å². The molecule has 0 atom stereocenters. The van der Waals surface area contributed by atoms with Crippen LogP contribution in [0.3, 0.4) is 0 Å². The summed E-state index contributed by atoms with van der Waals surface area (Å²) in [5.41, 5.74) is 10.9. The van der Waals surface area contributed by atoms with Crippen molar-refractivity contribution in [1.82, 2.24) is 15.6 Å². The SMILES string of the molecule is CCOc1cc(/C=N\NC(=O)Cc2nnc(N)s2)cc(Cl)c1OCCOc1cc(C)ccc1C(C)C. The number of nitrogen functional groups attached to an aromatic ring is 1. The number of carbonyl (C=O) groups excluding carboxylic acids is 1. The Balaban J connectivity index is 1.60. The van der Waals surface area contributed by atoms with Gasteiger partial charge in [0, 0.05) is 0 Å². The third-order valence-electron chi connectivity index (χ3n) is 4.91. The molecule has 0 spiro atoms. The molecule has 3 rings (SSSR count). The summed E-state index contributed by atoms with van der Waals surface area (Å²) in [6.45, 7) is 9.22. The minimum atomic E-state index is -0.340. The molecule has 3 N–H and O–H groups in total. The number of benzene rings is 2. The Morgan fingerprint density at radius 2 is 1.94 bits per heavy atom. The first-order valence-electron chi connectivity index (χ1n) is 11.5. The molecule has 36 heavy (non-hydrogen) atoms. The van der Waals surface area contributed by atoms with Crippen LogP contribution in [0.4, 0.5) is 5.13 Å². The fourth-order valence-electron chi connectivity index (χ4n) is 3.30. The van der Waals surface area contributed by atoms with Crippen LogP contribution in [0, 0.1) is 6.92 Å². The van der Waals surface area contributed by atoms with Crippen LogP contribution < -0.4 is 25.4 Å². The van der Waals surface area contributed by atoms with Crippen LogP contribution in [0.1, 0.15) is 48.4 Å². The van der Waals surface area contributed by atoms with Crippen LogP contribution in [-0.4, -0.2) is 42.1 Å². The van der Waals surface area contributed by atoms with Crippen LogP contribution >= 0.6 is 22.9 Å². The molecule has 1 amide bonds. The van der Waals surface area contributed by atoms with Gasteiger partial charge in [0.2, 0.25) is 11.0 Å². The number of nitrogens with two attached hydrogens (primary N) is 1. The zero-order valence-corrected chi connectivity index (χ0v) is 22.3. The molecule has 0 radical (unpaired) electrons. The number of amides is 1. The number of halogens is 1.